The number of aliphatic hydroxyl groups is 3. The van der Waals surface area contributed by atoms with E-state index in [0.29, 0.717) is 12.8 Å². The van der Waals surface area contributed by atoms with Crippen molar-refractivity contribution in [1.29, 1.82) is 0 Å². The lowest BCUT2D eigenvalue weighted by atomic mass is 10.0. The fraction of sp³-hybridized carbons (Fsp3) is 1.00. The number of rotatable bonds is 0. The zero-order valence-corrected chi connectivity index (χ0v) is 6.05. The van der Waals surface area contributed by atoms with Crippen LogP contribution in [0.3, 0.4) is 0 Å². The Balaban J connectivity index is 2.07. The second-order valence-electron chi connectivity index (χ2n) is 3.32. The van der Waals surface area contributed by atoms with E-state index in [2.05, 4.69) is 0 Å². The molecule has 0 aromatic heterocycles. The first-order chi connectivity index (χ1) is 5.18. The van der Waals surface area contributed by atoms with Crippen LogP contribution in [0.1, 0.15) is 12.8 Å². The van der Waals surface area contributed by atoms with Crippen molar-refractivity contribution in [3.8, 4) is 0 Å². The Bertz CT molecular complexity index is 161. The van der Waals surface area contributed by atoms with E-state index in [1.165, 1.54) is 0 Å². The highest BCUT2D eigenvalue weighted by molar-refractivity contribution is 4.95. The summed E-state index contributed by atoms with van der Waals surface area (Å²) in [6.45, 7) is 0. The van der Waals surface area contributed by atoms with Crippen LogP contribution in [-0.4, -0.2) is 39.9 Å². The maximum absolute atomic E-state index is 9.34. The Morgan fingerprint density at radius 3 is 2.45 bits per heavy atom. The van der Waals surface area contributed by atoms with Gasteiger partial charge in [-0.25, -0.2) is 0 Å². The smallest absolute Gasteiger partial charge is 0.155 e. The summed E-state index contributed by atoms with van der Waals surface area (Å²) in [6.07, 6.45) is -1.37. The second-order valence-corrected chi connectivity index (χ2v) is 3.32. The van der Waals surface area contributed by atoms with E-state index in [1.54, 1.807) is 0 Å². The van der Waals surface area contributed by atoms with Crippen molar-refractivity contribution in [2.75, 3.05) is 0 Å². The molecule has 0 spiro atoms. The van der Waals surface area contributed by atoms with Crippen LogP contribution in [0.4, 0.5) is 0 Å². The summed E-state index contributed by atoms with van der Waals surface area (Å²) in [6, 6.07) is 0. The highest BCUT2D eigenvalue weighted by Gasteiger charge is 2.48. The first kappa shape index (κ1) is 7.49. The Morgan fingerprint density at radius 2 is 1.82 bits per heavy atom. The van der Waals surface area contributed by atoms with E-state index >= 15 is 0 Å². The van der Waals surface area contributed by atoms with Gasteiger partial charge in [0.1, 0.15) is 0 Å². The molecule has 0 unspecified atom stereocenters. The van der Waals surface area contributed by atoms with Gasteiger partial charge in [-0.05, 0) is 0 Å². The molecule has 4 heteroatoms. The van der Waals surface area contributed by atoms with Gasteiger partial charge in [-0.15, -0.1) is 0 Å². The van der Waals surface area contributed by atoms with Crippen molar-refractivity contribution in [3.05, 3.63) is 0 Å². The van der Waals surface area contributed by atoms with Crippen molar-refractivity contribution >= 4 is 0 Å². The SMILES string of the molecule is O[C@@H]1[C@H]2C[C@H](O)O[C@H]2C[C@@H]1O. The number of aliphatic hydroxyl groups excluding tert-OH is 3. The molecule has 1 aliphatic carbocycles. The Kier molecular flexibility index (Phi) is 1.64. The molecule has 0 aromatic carbocycles. The van der Waals surface area contributed by atoms with E-state index in [0.717, 1.165) is 0 Å². The maximum Gasteiger partial charge on any atom is 0.155 e. The molecule has 1 saturated carbocycles. The minimum atomic E-state index is -0.743. The van der Waals surface area contributed by atoms with E-state index in [1.807, 2.05) is 0 Å². The average molecular weight is 160 g/mol. The fourth-order valence-electron chi connectivity index (χ4n) is 2.00. The number of fused-ring (bicyclic) bond motifs is 1. The lowest BCUT2D eigenvalue weighted by Gasteiger charge is -2.12. The molecule has 2 rings (SSSR count). The van der Waals surface area contributed by atoms with Crippen LogP contribution in [-0.2, 0) is 4.74 Å². The van der Waals surface area contributed by atoms with Gasteiger partial charge in [-0.2, -0.15) is 0 Å². The Morgan fingerprint density at radius 1 is 1.09 bits per heavy atom. The summed E-state index contributed by atoms with van der Waals surface area (Å²) in [5.74, 6) is -0.0694. The van der Waals surface area contributed by atoms with Crippen LogP contribution < -0.4 is 0 Å². The molecule has 1 heterocycles. The van der Waals surface area contributed by atoms with Gasteiger partial charge in [0, 0.05) is 18.8 Å². The first-order valence-corrected chi connectivity index (χ1v) is 3.88. The molecular weight excluding hydrogens is 148 g/mol. The minimum absolute atomic E-state index is 0.0694. The predicted octanol–water partition coefficient (Wildman–Crippen LogP) is -1.16. The minimum Gasteiger partial charge on any atom is -0.390 e. The number of ether oxygens (including phenoxy) is 1. The molecule has 0 radical (unpaired) electrons. The third-order valence-electron chi connectivity index (χ3n) is 2.59. The normalized spacial score (nSPS) is 56.5. The quantitative estimate of drug-likeness (QED) is 0.418. The third kappa shape index (κ3) is 1.06. The molecule has 1 aliphatic heterocycles. The van der Waals surface area contributed by atoms with Crippen LogP contribution >= 0.6 is 0 Å². The second kappa shape index (κ2) is 2.42. The van der Waals surface area contributed by atoms with Crippen LogP contribution in [0, 0.1) is 5.92 Å². The lowest BCUT2D eigenvalue weighted by molar-refractivity contribution is -0.0957. The largest absolute Gasteiger partial charge is 0.390 e. The van der Waals surface area contributed by atoms with Crippen LogP contribution in [0.15, 0.2) is 0 Å². The highest BCUT2D eigenvalue weighted by Crippen LogP contribution is 2.38. The number of hydrogen-bond donors (Lipinski definition) is 3. The van der Waals surface area contributed by atoms with Gasteiger partial charge >= 0.3 is 0 Å². The van der Waals surface area contributed by atoms with Crippen LogP contribution in [0.2, 0.25) is 0 Å². The number of hydrogen-bond acceptors (Lipinski definition) is 4. The van der Waals surface area contributed by atoms with Crippen LogP contribution in [0.5, 0.6) is 0 Å². The van der Waals surface area contributed by atoms with Crippen molar-refractivity contribution < 1.29 is 20.1 Å². The summed E-state index contributed by atoms with van der Waals surface area (Å²) in [4.78, 5) is 0. The Labute approximate surface area is 64.4 Å². The summed E-state index contributed by atoms with van der Waals surface area (Å²) in [5, 5.41) is 27.5. The monoisotopic (exact) mass is 160 g/mol. The molecule has 1 saturated heterocycles. The molecule has 0 bridgehead atoms. The first-order valence-electron chi connectivity index (χ1n) is 3.88. The standard InChI is InChI=1S/C7H12O4/c8-4-2-5-3(7(4)10)1-6(9)11-5/h3-10H,1-2H2/t3-,4-,5-,6+,7+/m0/s1. The van der Waals surface area contributed by atoms with Gasteiger partial charge in [0.15, 0.2) is 6.29 Å². The van der Waals surface area contributed by atoms with Gasteiger partial charge < -0.3 is 20.1 Å². The highest BCUT2D eigenvalue weighted by atomic mass is 16.6. The molecular formula is C7H12O4. The molecule has 5 atom stereocenters. The fourth-order valence-corrected chi connectivity index (χ4v) is 2.00. The summed E-state index contributed by atoms with van der Waals surface area (Å²) >= 11 is 0. The lowest BCUT2D eigenvalue weighted by Crippen LogP contribution is -2.25. The van der Waals surface area contributed by atoms with E-state index in [-0.39, 0.29) is 12.0 Å². The van der Waals surface area contributed by atoms with Crippen LogP contribution in [0.25, 0.3) is 0 Å². The molecule has 64 valence electrons. The third-order valence-corrected chi connectivity index (χ3v) is 2.59. The molecule has 4 nitrogen and oxygen atoms in total. The summed E-state index contributed by atoms with van der Waals surface area (Å²) in [7, 11) is 0. The van der Waals surface area contributed by atoms with Gasteiger partial charge in [0.25, 0.3) is 0 Å². The topological polar surface area (TPSA) is 69.9 Å². The molecule has 3 N–H and O–H groups in total. The van der Waals surface area contributed by atoms with Gasteiger partial charge in [0.2, 0.25) is 0 Å². The van der Waals surface area contributed by atoms with Crippen molar-refractivity contribution in [2.45, 2.75) is 37.4 Å². The summed E-state index contributed by atoms with van der Waals surface area (Å²) in [5.41, 5.74) is 0. The van der Waals surface area contributed by atoms with E-state index < -0.39 is 18.5 Å². The van der Waals surface area contributed by atoms with Crippen molar-refractivity contribution in [3.63, 3.8) is 0 Å². The summed E-state index contributed by atoms with van der Waals surface area (Å²) < 4.78 is 5.06. The van der Waals surface area contributed by atoms with Crippen molar-refractivity contribution in [1.82, 2.24) is 0 Å². The van der Waals surface area contributed by atoms with Gasteiger partial charge in [-0.1, -0.05) is 0 Å². The average Bonchev–Trinajstić information content (AvgIpc) is 2.37. The van der Waals surface area contributed by atoms with Crippen molar-refractivity contribution in [2.24, 2.45) is 5.92 Å². The zero-order valence-electron chi connectivity index (χ0n) is 6.05. The Hall–Kier alpha value is -0.160. The predicted molar refractivity (Wildman–Crippen MR) is 35.6 cm³/mol. The molecule has 0 amide bonds. The molecule has 2 aliphatic rings. The van der Waals surface area contributed by atoms with E-state index in [4.69, 9.17) is 9.84 Å². The van der Waals surface area contributed by atoms with Gasteiger partial charge in [0.05, 0.1) is 18.3 Å². The molecule has 2 fully saturated rings. The maximum atomic E-state index is 9.34. The molecule has 0 aromatic rings. The zero-order chi connectivity index (χ0) is 8.01. The van der Waals surface area contributed by atoms with E-state index in [9.17, 15) is 10.2 Å². The molecule has 11 heavy (non-hydrogen) atoms. The van der Waals surface area contributed by atoms with Gasteiger partial charge in [-0.3, -0.25) is 0 Å².